The second-order valence-electron chi connectivity index (χ2n) is 6.13. The molecule has 2 fully saturated rings. The lowest BCUT2D eigenvalue weighted by Gasteiger charge is -2.34. The lowest BCUT2D eigenvalue weighted by molar-refractivity contribution is 0.144. The van der Waals surface area contributed by atoms with Crippen molar-refractivity contribution in [1.82, 2.24) is 10.2 Å². The van der Waals surface area contributed by atoms with Crippen LogP contribution in [0, 0.1) is 5.92 Å². The van der Waals surface area contributed by atoms with E-state index in [0.717, 1.165) is 18.5 Å². The van der Waals surface area contributed by atoms with Gasteiger partial charge in [0.25, 0.3) is 0 Å². The Morgan fingerprint density at radius 2 is 1.95 bits per heavy atom. The van der Waals surface area contributed by atoms with Gasteiger partial charge in [0.15, 0.2) is 0 Å². The minimum absolute atomic E-state index is 0.803. The third kappa shape index (κ3) is 3.37. The second-order valence-corrected chi connectivity index (χ2v) is 6.13. The van der Waals surface area contributed by atoms with Crippen molar-refractivity contribution in [2.24, 2.45) is 5.92 Å². The van der Waals surface area contributed by atoms with Gasteiger partial charge in [0.05, 0.1) is 0 Å². The van der Waals surface area contributed by atoms with E-state index in [0.29, 0.717) is 0 Å². The molecule has 0 saturated carbocycles. The Morgan fingerprint density at radius 1 is 1.05 bits per heavy atom. The molecule has 2 nitrogen and oxygen atoms in total. The molecule has 0 radical (unpaired) electrons. The highest BCUT2D eigenvalue weighted by Crippen LogP contribution is 2.28. The first kappa shape index (κ1) is 13.1. The van der Waals surface area contributed by atoms with Gasteiger partial charge in [0.2, 0.25) is 0 Å². The Bertz CT molecular complexity index is 374. The third-order valence-corrected chi connectivity index (χ3v) is 4.77. The quantitative estimate of drug-likeness (QED) is 0.877. The summed E-state index contributed by atoms with van der Waals surface area (Å²) in [6, 6.07) is 11.8. The lowest BCUT2D eigenvalue weighted by Crippen LogP contribution is -2.40. The minimum Gasteiger partial charge on any atom is -0.316 e. The molecule has 2 saturated heterocycles. The Morgan fingerprint density at radius 3 is 2.84 bits per heavy atom. The molecule has 2 aliphatic heterocycles. The summed E-state index contributed by atoms with van der Waals surface area (Å²) in [4.78, 5) is 2.76. The average Bonchev–Trinajstić information content (AvgIpc) is 2.77. The van der Waals surface area contributed by atoms with E-state index < -0.39 is 0 Å². The third-order valence-electron chi connectivity index (χ3n) is 4.77. The van der Waals surface area contributed by atoms with Gasteiger partial charge in [-0.1, -0.05) is 36.8 Å². The zero-order chi connectivity index (χ0) is 12.9. The first-order chi connectivity index (χ1) is 9.43. The zero-order valence-electron chi connectivity index (χ0n) is 11.9. The van der Waals surface area contributed by atoms with E-state index >= 15 is 0 Å². The number of nitrogens with zero attached hydrogens (tertiary/aromatic N) is 1. The predicted octanol–water partition coefficient (Wildman–Crippen LogP) is 3.04. The number of rotatable bonds is 2. The summed E-state index contributed by atoms with van der Waals surface area (Å²) in [6.45, 7) is 4.88. The molecule has 2 heteroatoms. The number of hydrogen-bond acceptors (Lipinski definition) is 2. The maximum Gasteiger partial charge on any atom is 0.0236 e. The van der Waals surface area contributed by atoms with Crippen LogP contribution in [0.25, 0.3) is 0 Å². The topological polar surface area (TPSA) is 15.3 Å². The van der Waals surface area contributed by atoms with Crippen LogP contribution in [0.3, 0.4) is 0 Å². The summed E-state index contributed by atoms with van der Waals surface area (Å²) in [6.07, 6.45) is 6.92. The van der Waals surface area contributed by atoms with Crippen LogP contribution in [0.15, 0.2) is 30.3 Å². The van der Waals surface area contributed by atoms with Gasteiger partial charge in [-0.2, -0.15) is 0 Å². The van der Waals surface area contributed by atoms with Gasteiger partial charge in [-0.25, -0.2) is 0 Å². The Labute approximate surface area is 117 Å². The molecule has 2 heterocycles. The smallest absolute Gasteiger partial charge is 0.0236 e. The normalized spacial score (nSPS) is 29.3. The van der Waals surface area contributed by atoms with Crippen LogP contribution in [0.5, 0.6) is 0 Å². The van der Waals surface area contributed by atoms with Crippen LogP contribution in [0.1, 0.15) is 37.7 Å². The van der Waals surface area contributed by atoms with Gasteiger partial charge in [-0.05, 0) is 56.8 Å². The zero-order valence-corrected chi connectivity index (χ0v) is 11.9. The standard InChI is InChI=1S/C17H26N2/c1-2-7-15(8-3-1)14-19-12-5-4-9-16-13-18-11-6-10-17(16)19/h1-3,7-8,16-18H,4-6,9-14H2/t16-,17-/m1/s1. The summed E-state index contributed by atoms with van der Waals surface area (Å²) in [5, 5.41) is 3.63. The van der Waals surface area contributed by atoms with Crippen molar-refractivity contribution >= 4 is 0 Å². The molecule has 1 aromatic carbocycles. The van der Waals surface area contributed by atoms with E-state index in [4.69, 9.17) is 0 Å². The second kappa shape index (κ2) is 6.53. The highest BCUT2D eigenvalue weighted by Gasteiger charge is 2.30. The van der Waals surface area contributed by atoms with Crippen molar-refractivity contribution in [3.8, 4) is 0 Å². The van der Waals surface area contributed by atoms with Gasteiger partial charge in [0, 0.05) is 12.6 Å². The van der Waals surface area contributed by atoms with Crippen molar-refractivity contribution in [3.05, 3.63) is 35.9 Å². The molecule has 2 atom stereocenters. The molecule has 0 spiro atoms. The van der Waals surface area contributed by atoms with Gasteiger partial charge < -0.3 is 5.32 Å². The molecule has 0 unspecified atom stereocenters. The Balaban J connectivity index is 1.73. The molecule has 1 aromatic rings. The fourth-order valence-electron chi connectivity index (χ4n) is 3.77. The highest BCUT2D eigenvalue weighted by molar-refractivity contribution is 5.14. The number of nitrogens with one attached hydrogen (secondary N) is 1. The van der Waals surface area contributed by atoms with Gasteiger partial charge in [-0.3, -0.25) is 4.90 Å². The number of fused-ring (bicyclic) bond motifs is 1. The van der Waals surface area contributed by atoms with Crippen LogP contribution in [-0.2, 0) is 6.54 Å². The van der Waals surface area contributed by atoms with Crippen molar-refractivity contribution in [2.75, 3.05) is 19.6 Å². The fraction of sp³-hybridized carbons (Fsp3) is 0.647. The van der Waals surface area contributed by atoms with E-state index in [1.54, 1.807) is 0 Å². The summed E-state index contributed by atoms with van der Waals surface area (Å²) >= 11 is 0. The molecule has 3 rings (SSSR count). The van der Waals surface area contributed by atoms with Crippen molar-refractivity contribution in [3.63, 3.8) is 0 Å². The van der Waals surface area contributed by atoms with Crippen molar-refractivity contribution in [1.29, 1.82) is 0 Å². The van der Waals surface area contributed by atoms with Crippen LogP contribution >= 0.6 is 0 Å². The van der Waals surface area contributed by atoms with E-state index in [9.17, 15) is 0 Å². The number of likely N-dealkylation sites (tertiary alicyclic amines) is 1. The van der Waals surface area contributed by atoms with E-state index in [2.05, 4.69) is 40.5 Å². The maximum atomic E-state index is 3.63. The molecule has 104 valence electrons. The molecule has 19 heavy (non-hydrogen) atoms. The van der Waals surface area contributed by atoms with Gasteiger partial charge in [-0.15, -0.1) is 0 Å². The molecule has 2 aliphatic rings. The largest absolute Gasteiger partial charge is 0.316 e. The number of benzene rings is 1. The maximum absolute atomic E-state index is 3.63. The monoisotopic (exact) mass is 258 g/mol. The molecule has 1 N–H and O–H groups in total. The Hall–Kier alpha value is -0.860. The van der Waals surface area contributed by atoms with Gasteiger partial charge >= 0.3 is 0 Å². The summed E-state index contributed by atoms with van der Waals surface area (Å²) in [5.41, 5.74) is 1.47. The van der Waals surface area contributed by atoms with Crippen LogP contribution < -0.4 is 5.32 Å². The van der Waals surface area contributed by atoms with E-state index in [1.165, 1.54) is 57.3 Å². The molecule has 0 amide bonds. The van der Waals surface area contributed by atoms with E-state index in [1.807, 2.05) is 0 Å². The summed E-state index contributed by atoms with van der Waals surface area (Å²) in [5.74, 6) is 0.869. The first-order valence-electron chi connectivity index (χ1n) is 7.92. The highest BCUT2D eigenvalue weighted by atomic mass is 15.2. The molecule has 0 bridgehead atoms. The average molecular weight is 258 g/mol. The fourth-order valence-corrected chi connectivity index (χ4v) is 3.77. The van der Waals surface area contributed by atoms with Crippen molar-refractivity contribution in [2.45, 2.75) is 44.7 Å². The van der Waals surface area contributed by atoms with Crippen molar-refractivity contribution < 1.29 is 0 Å². The summed E-state index contributed by atoms with van der Waals surface area (Å²) < 4.78 is 0. The predicted molar refractivity (Wildman–Crippen MR) is 80.1 cm³/mol. The van der Waals surface area contributed by atoms with Gasteiger partial charge in [0.1, 0.15) is 0 Å². The molecular formula is C17H26N2. The lowest BCUT2D eigenvalue weighted by atomic mass is 9.92. The molecule has 0 aliphatic carbocycles. The molecule has 0 aromatic heterocycles. The molecular weight excluding hydrogens is 232 g/mol. The van der Waals surface area contributed by atoms with E-state index in [-0.39, 0.29) is 0 Å². The van der Waals surface area contributed by atoms with Crippen LogP contribution in [-0.4, -0.2) is 30.6 Å². The Kier molecular flexibility index (Phi) is 4.52. The number of hydrogen-bond donors (Lipinski definition) is 1. The summed E-state index contributed by atoms with van der Waals surface area (Å²) in [7, 11) is 0. The first-order valence-corrected chi connectivity index (χ1v) is 7.92. The van der Waals surface area contributed by atoms with Crippen LogP contribution in [0.4, 0.5) is 0 Å². The van der Waals surface area contributed by atoms with Crippen LogP contribution in [0.2, 0.25) is 0 Å². The minimum atomic E-state index is 0.803. The SMILES string of the molecule is c1ccc(CN2CCCC[C@@H]3CNCCC[C@H]32)cc1.